The van der Waals surface area contributed by atoms with Crippen LogP contribution in [0.3, 0.4) is 0 Å². The molecular formula is C14H19N5O3. The van der Waals surface area contributed by atoms with Crippen LogP contribution < -0.4 is 10.6 Å². The third kappa shape index (κ3) is 3.94. The molecule has 0 aromatic carbocycles. The van der Waals surface area contributed by atoms with Crippen molar-refractivity contribution in [2.75, 3.05) is 12.4 Å². The Labute approximate surface area is 127 Å². The van der Waals surface area contributed by atoms with Gasteiger partial charge in [-0.3, -0.25) is 14.3 Å². The second-order valence-electron chi connectivity index (χ2n) is 4.95. The lowest BCUT2D eigenvalue weighted by molar-refractivity contribution is -0.121. The summed E-state index contributed by atoms with van der Waals surface area (Å²) < 4.78 is 6.52. The zero-order chi connectivity index (χ0) is 16.1. The van der Waals surface area contributed by atoms with E-state index in [1.165, 1.54) is 10.9 Å². The number of anilines is 1. The van der Waals surface area contributed by atoms with Crippen molar-refractivity contribution in [1.29, 1.82) is 0 Å². The lowest BCUT2D eigenvalue weighted by Gasteiger charge is -2.02. The van der Waals surface area contributed by atoms with Crippen LogP contribution in [0.1, 0.15) is 23.4 Å². The maximum atomic E-state index is 11.9. The highest BCUT2D eigenvalue weighted by Crippen LogP contribution is 2.15. The maximum Gasteiger partial charge on any atom is 0.241 e. The molecule has 0 aliphatic carbocycles. The molecule has 2 aromatic heterocycles. The normalized spacial score (nSPS) is 10.5. The molecule has 2 heterocycles. The quantitative estimate of drug-likeness (QED) is 0.822. The van der Waals surface area contributed by atoms with Crippen molar-refractivity contribution in [3.05, 3.63) is 29.4 Å². The van der Waals surface area contributed by atoms with Crippen molar-refractivity contribution in [3.8, 4) is 0 Å². The fourth-order valence-corrected chi connectivity index (χ4v) is 2.06. The average Bonchev–Trinajstić information content (AvgIpc) is 3.04. The number of aromatic nitrogens is 3. The monoisotopic (exact) mass is 305 g/mol. The first kappa shape index (κ1) is 15.7. The molecule has 2 N–H and O–H groups in total. The van der Waals surface area contributed by atoms with Gasteiger partial charge in [-0.05, 0) is 20.3 Å². The number of nitrogens with zero attached hydrogens (tertiary/aromatic N) is 3. The van der Waals surface area contributed by atoms with Gasteiger partial charge in [0.1, 0.15) is 12.3 Å². The highest BCUT2D eigenvalue weighted by molar-refractivity contribution is 5.90. The molecule has 0 atom stereocenters. The minimum atomic E-state index is -0.153. The van der Waals surface area contributed by atoms with E-state index in [0.717, 1.165) is 17.0 Å². The molecule has 2 amide bonds. The summed E-state index contributed by atoms with van der Waals surface area (Å²) in [6.07, 6.45) is 4.02. The van der Waals surface area contributed by atoms with Gasteiger partial charge in [-0.1, -0.05) is 5.16 Å². The number of hydrogen-bond donors (Lipinski definition) is 2. The van der Waals surface area contributed by atoms with Crippen LogP contribution in [-0.2, 0) is 22.6 Å². The molecule has 2 rings (SSSR count). The summed E-state index contributed by atoms with van der Waals surface area (Å²) in [5, 5.41) is 13.1. The first-order chi connectivity index (χ1) is 10.5. The van der Waals surface area contributed by atoms with E-state index in [0.29, 0.717) is 18.5 Å². The molecule has 118 valence electrons. The van der Waals surface area contributed by atoms with Crippen LogP contribution in [0.5, 0.6) is 0 Å². The van der Waals surface area contributed by atoms with Crippen molar-refractivity contribution in [3.63, 3.8) is 0 Å². The van der Waals surface area contributed by atoms with Gasteiger partial charge in [0, 0.05) is 25.2 Å². The van der Waals surface area contributed by atoms with Gasteiger partial charge in [0.15, 0.2) is 0 Å². The molecule has 0 saturated heterocycles. The zero-order valence-corrected chi connectivity index (χ0v) is 12.8. The van der Waals surface area contributed by atoms with Crippen LogP contribution in [0.2, 0.25) is 0 Å². The largest absolute Gasteiger partial charge is 0.361 e. The molecule has 0 saturated carbocycles. The smallest absolute Gasteiger partial charge is 0.241 e. The maximum absolute atomic E-state index is 11.9. The van der Waals surface area contributed by atoms with E-state index in [1.807, 2.05) is 13.8 Å². The van der Waals surface area contributed by atoms with Gasteiger partial charge in [-0.2, -0.15) is 5.10 Å². The Balaban J connectivity index is 1.86. The second kappa shape index (κ2) is 6.88. The van der Waals surface area contributed by atoms with Crippen molar-refractivity contribution in [2.45, 2.75) is 33.2 Å². The molecule has 8 heteroatoms. The molecule has 0 radical (unpaired) electrons. The summed E-state index contributed by atoms with van der Waals surface area (Å²) >= 11 is 0. The number of amides is 2. The summed E-state index contributed by atoms with van der Waals surface area (Å²) in [6.45, 7) is 3.80. The predicted octanol–water partition coefficient (Wildman–Crippen LogP) is 0.805. The van der Waals surface area contributed by atoms with Crippen LogP contribution in [0.25, 0.3) is 0 Å². The van der Waals surface area contributed by atoms with E-state index in [-0.39, 0.29) is 18.4 Å². The number of rotatable bonds is 6. The van der Waals surface area contributed by atoms with Gasteiger partial charge >= 0.3 is 0 Å². The SMILES string of the molecule is CNC(=O)Cn1cc(NC(=O)CCc2c(C)noc2C)cn1. The number of nitrogens with one attached hydrogen (secondary N) is 2. The third-order valence-electron chi connectivity index (χ3n) is 3.28. The molecule has 0 fully saturated rings. The van der Waals surface area contributed by atoms with Crippen LogP contribution in [0.15, 0.2) is 16.9 Å². The Morgan fingerprint density at radius 1 is 1.32 bits per heavy atom. The van der Waals surface area contributed by atoms with Gasteiger partial charge in [-0.15, -0.1) is 0 Å². The standard InChI is InChI=1S/C14H19N5O3/c1-9-12(10(2)22-18-9)4-5-13(20)17-11-6-16-19(7-11)8-14(21)15-3/h6-7H,4-5,8H2,1-3H3,(H,15,21)(H,17,20). The van der Waals surface area contributed by atoms with Crippen molar-refractivity contribution < 1.29 is 14.1 Å². The Morgan fingerprint density at radius 2 is 2.09 bits per heavy atom. The summed E-state index contributed by atoms with van der Waals surface area (Å²) in [5.41, 5.74) is 2.34. The highest BCUT2D eigenvalue weighted by atomic mass is 16.5. The van der Waals surface area contributed by atoms with Crippen LogP contribution in [0, 0.1) is 13.8 Å². The number of carbonyl (C=O) groups excluding carboxylic acids is 2. The minimum Gasteiger partial charge on any atom is -0.361 e. The van der Waals surface area contributed by atoms with Gasteiger partial charge in [-0.25, -0.2) is 0 Å². The molecule has 0 bridgehead atoms. The van der Waals surface area contributed by atoms with Gasteiger partial charge in [0.25, 0.3) is 0 Å². The summed E-state index contributed by atoms with van der Waals surface area (Å²) in [7, 11) is 1.56. The van der Waals surface area contributed by atoms with E-state index in [9.17, 15) is 9.59 Å². The van der Waals surface area contributed by atoms with Crippen molar-refractivity contribution in [1.82, 2.24) is 20.3 Å². The third-order valence-corrected chi connectivity index (χ3v) is 3.28. The number of carbonyl (C=O) groups is 2. The Hall–Kier alpha value is -2.64. The fourth-order valence-electron chi connectivity index (χ4n) is 2.06. The van der Waals surface area contributed by atoms with Crippen LogP contribution >= 0.6 is 0 Å². The molecule has 0 aliphatic heterocycles. The first-order valence-electron chi connectivity index (χ1n) is 6.94. The van der Waals surface area contributed by atoms with E-state index in [2.05, 4.69) is 20.9 Å². The average molecular weight is 305 g/mol. The van der Waals surface area contributed by atoms with Crippen LogP contribution in [0.4, 0.5) is 5.69 Å². The molecule has 8 nitrogen and oxygen atoms in total. The van der Waals surface area contributed by atoms with E-state index in [4.69, 9.17) is 4.52 Å². The number of aryl methyl sites for hydroxylation is 2. The van der Waals surface area contributed by atoms with Crippen molar-refractivity contribution in [2.24, 2.45) is 0 Å². The predicted molar refractivity (Wildman–Crippen MR) is 79.2 cm³/mol. The number of hydrogen-bond acceptors (Lipinski definition) is 5. The number of likely N-dealkylation sites (N-methyl/N-ethyl adjacent to an activating group) is 1. The van der Waals surface area contributed by atoms with Gasteiger partial charge < -0.3 is 15.2 Å². The van der Waals surface area contributed by atoms with Crippen molar-refractivity contribution >= 4 is 17.5 Å². The molecule has 0 spiro atoms. The lowest BCUT2D eigenvalue weighted by Crippen LogP contribution is -2.23. The zero-order valence-electron chi connectivity index (χ0n) is 12.8. The highest BCUT2D eigenvalue weighted by Gasteiger charge is 2.12. The van der Waals surface area contributed by atoms with E-state index >= 15 is 0 Å². The Morgan fingerprint density at radius 3 is 2.73 bits per heavy atom. The summed E-state index contributed by atoms with van der Waals surface area (Å²) in [6, 6.07) is 0. The fraction of sp³-hybridized carbons (Fsp3) is 0.429. The molecular weight excluding hydrogens is 286 g/mol. The van der Waals surface area contributed by atoms with E-state index in [1.54, 1.807) is 13.2 Å². The Bertz CT molecular complexity index is 654. The minimum absolute atomic E-state index is 0.117. The Kier molecular flexibility index (Phi) is 4.92. The molecule has 0 unspecified atom stereocenters. The molecule has 0 aliphatic rings. The van der Waals surface area contributed by atoms with Gasteiger partial charge in [0.05, 0.1) is 17.6 Å². The molecule has 2 aromatic rings. The van der Waals surface area contributed by atoms with Crippen LogP contribution in [-0.4, -0.2) is 33.8 Å². The van der Waals surface area contributed by atoms with Gasteiger partial charge in [0.2, 0.25) is 11.8 Å². The summed E-state index contributed by atoms with van der Waals surface area (Å²) in [5.74, 6) is 0.461. The van der Waals surface area contributed by atoms with E-state index < -0.39 is 0 Å². The second-order valence-corrected chi connectivity index (χ2v) is 4.95. The molecule has 22 heavy (non-hydrogen) atoms. The first-order valence-corrected chi connectivity index (χ1v) is 6.94. The topological polar surface area (TPSA) is 102 Å². The lowest BCUT2D eigenvalue weighted by atomic mass is 10.1. The summed E-state index contributed by atoms with van der Waals surface area (Å²) in [4.78, 5) is 23.2.